The summed E-state index contributed by atoms with van der Waals surface area (Å²) in [6.45, 7) is 0. The van der Waals surface area contributed by atoms with E-state index in [0.717, 1.165) is 0 Å². The summed E-state index contributed by atoms with van der Waals surface area (Å²) in [5.74, 6) is -1.30. The lowest BCUT2D eigenvalue weighted by Gasteiger charge is -2.22. The molecule has 104 valence electrons. The molecule has 0 aliphatic carbocycles. The first-order valence-corrected chi connectivity index (χ1v) is 5.72. The minimum atomic E-state index is -1.30. The van der Waals surface area contributed by atoms with Gasteiger partial charge in [-0.3, -0.25) is 10.1 Å². The molecular formula is C11H8ClN3O5. The van der Waals surface area contributed by atoms with Gasteiger partial charge in [0.15, 0.2) is 0 Å². The highest BCUT2D eigenvalue weighted by atomic mass is 35.5. The largest absolute Gasteiger partial charge is 0.477 e. The number of hydrogen-bond acceptors (Lipinski definition) is 4. The summed E-state index contributed by atoms with van der Waals surface area (Å²) >= 11 is 5.69. The Hall–Kier alpha value is -2.61. The Labute approximate surface area is 117 Å². The molecule has 1 aliphatic heterocycles. The van der Waals surface area contributed by atoms with Crippen molar-refractivity contribution in [3.05, 3.63) is 50.7 Å². The molecule has 1 aromatic rings. The summed E-state index contributed by atoms with van der Waals surface area (Å²) in [7, 11) is 0. The maximum absolute atomic E-state index is 11.4. The molecule has 0 saturated carbocycles. The number of benzene rings is 1. The highest BCUT2D eigenvalue weighted by Crippen LogP contribution is 2.29. The monoisotopic (exact) mass is 297 g/mol. The summed E-state index contributed by atoms with van der Waals surface area (Å²) in [5.41, 5.74) is -0.256. The Morgan fingerprint density at radius 1 is 1.45 bits per heavy atom. The SMILES string of the molecule is O=C1NC(C(=O)O)=C[C@@H](c2ccc(Cl)c([N+](=O)[O-])c2)N1. The Morgan fingerprint density at radius 3 is 2.75 bits per heavy atom. The maximum atomic E-state index is 11.4. The van der Waals surface area contributed by atoms with E-state index in [0.29, 0.717) is 5.56 Å². The van der Waals surface area contributed by atoms with Crippen LogP contribution < -0.4 is 10.6 Å². The number of carboxylic acids is 1. The molecule has 0 unspecified atom stereocenters. The summed E-state index contributed by atoms with van der Waals surface area (Å²) in [4.78, 5) is 32.4. The molecule has 3 N–H and O–H groups in total. The summed E-state index contributed by atoms with van der Waals surface area (Å²) in [5, 5.41) is 24.2. The number of nitrogens with zero attached hydrogens (tertiary/aromatic N) is 1. The molecule has 1 aliphatic rings. The average Bonchev–Trinajstić information content (AvgIpc) is 2.38. The lowest BCUT2D eigenvalue weighted by molar-refractivity contribution is -0.384. The van der Waals surface area contributed by atoms with Gasteiger partial charge >= 0.3 is 12.0 Å². The molecule has 1 heterocycles. The second-order valence-electron chi connectivity index (χ2n) is 3.93. The number of nitro groups is 1. The predicted molar refractivity (Wildman–Crippen MR) is 68.2 cm³/mol. The van der Waals surface area contributed by atoms with Crippen LogP contribution in [0.5, 0.6) is 0 Å². The van der Waals surface area contributed by atoms with E-state index in [1.807, 2.05) is 0 Å². The summed E-state index contributed by atoms with van der Waals surface area (Å²) in [6, 6.07) is 2.49. The number of carboxylic acid groups (broad SMARTS) is 1. The van der Waals surface area contributed by atoms with Crippen LogP contribution in [-0.2, 0) is 4.79 Å². The van der Waals surface area contributed by atoms with Crippen LogP contribution in [0.1, 0.15) is 11.6 Å². The minimum absolute atomic E-state index is 0.0403. The number of halogens is 1. The second kappa shape index (κ2) is 5.17. The van der Waals surface area contributed by atoms with Crippen LogP contribution >= 0.6 is 11.6 Å². The van der Waals surface area contributed by atoms with Crippen molar-refractivity contribution in [2.75, 3.05) is 0 Å². The first-order chi connectivity index (χ1) is 9.38. The fourth-order valence-corrected chi connectivity index (χ4v) is 1.90. The molecule has 2 amide bonds. The van der Waals surface area contributed by atoms with E-state index in [9.17, 15) is 19.7 Å². The molecule has 0 spiro atoms. The maximum Gasteiger partial charge on any atom is 0.352 e. The topological polar surface area (TPSA) is 122 Å². The number of urea groups is 1. The van der Waals surface area contributed by atoms with Crippen molar-refractivity contribution in [3.8, 4) is 0 Å². The molecule has 0 fully saturated rings. The second-order valence-corrected chi connectivity index (χ2v) is 4.34. The van der Waals surface area contributed by atoms with Crippen LogP contribution in [-0.4, -0.2) is 22.0 Å². The molecule has 0 saturated heterocycles. The number of aliphatic carboxylic acids is 1. The van der Waals surface area contributed by atoms with Crippen LogP contribution in [0.4, 0.5) is 10.5 Å². The lowest BCUT2D eigenvalue weighted by atomic mass is 10.0. The molecule has 9 heteroatoms. The van der Waals surface area contributed by atoms with Crippen molar-refractivity contribution < 1.29 is 19.6 Å². The van der Waals surface area contributed by atoms with E-state index in [4.69, 9.17) is 16.7 Å². The van der Waals surface area contributed by atoms with Gasteiger partial charge in [-0.2, -0.15) is 0 Å². The van der Waals surface area contributed by atoms with Crippen molar-refractivity contribution in [3.63, 3.8) is 0 Å². The van der Waals surface area contributed by atoms with E-state index in [1.54, 1.807) is 0 Å². The Balaban J connectivity index is 2.43. The van der Waals surface area contributed by atoms with Gasteiger partial charge in [0.25, 0.3) is 5.69 Å². The molecule has 1 atom stereocenters. The fourth-order valence-electron chi connectivity index (χ4n) is 1.72. The Bertz CT molecular complexity index is 643. The third-order valence-electron chi connectivity index (χ3n) is 2.62. The highest BCUT2D eigenvalue weighted by molar-refractivity contribution is 6.32. The summed E-state index contributed by atoms with van der Waals surface area (Å²) in [6.07, 6.45) is 1.25. The third-order valence-corrected chi connectivity index (χ3v) is 2.94. The van der Waals surface area contributed by atoms with Gasteiger partial charge in [0, 0.05) is 6.07 Å². The van der Waals surface area contributed by atoms with Crippen LogP contribution in [0.25, 0.3) is 0 Å². The zero-order valence-corrected chi connectivity index (χ0v) is 10.5. The normalized spacial score (nSPS) is 17.8. The van der Waals surface area contributed by atoms with Crippen LogP contribution in [0, 0.1) is 10.1 Å². The Kier molecular flexibility index (Phi) is 3.57. The van der Waals surface area contributed by atoms with E-state index >= 15 is 0 Å². The van der Waals surface area contributed by atoms with Crippen LogP contribution in [0.3, 0.4) is 0 Å². The van der Waals surface area contributed by atoms with Crippen molar-refractivity contribution in [2.24, 2.45) is 0 Å². The number of amides is 2. The van der Waals surface area contributed by atoms with E-state index in [-0.39, 0.29) is 16.4 Å². The number of rotatable bonds is 3. The summed E-state index contributed by atoms with van der Waals surface area (Å²) < 4.78 is 0. The molecule has 8 nitrogen and oxygen atoms in total. The van der Waals surface area contributed by atoms with Gasteiger partial charge in [0.05, 0.1) is 11.0 Å². The van der Waals surface area contributed by atoms with Crippen LogP contribution in [0.15, 0.2) is 30.0 Å². The van der Waals surface area contributed by atoms with Gasteiger partial charge in [0.2, 0.25) is 0 Å². The molecule has 0 bridgehead atoms. The zero-order valence-electron chi connectivity index (χ0n) is 9.79. The van der Waals surface area contributed by atoms with Crippen LogP contribution in [0.2, 0.25) is 5.02 Å². The Morgan fingerprint density at radius 2 is 2.15 bits per heavy atom. The third kappa shape index (κ3) is 2.69. The molecule has 20 heavy (non-hydrogen) atoms. The zero-order chi connectivity index (χ0) is 14.9. The minimum Gasteiger partial charge on any atom is -0.477 e. The van der Waals surface area contributed by atoms with E-state index in [1.165, 1.54) is 24.3 Å². The van der Waals surface area contributed by atoms with Gasteiger partial charge in [-0.25, -0.2) is 9.59 Å². The smallest absolute Gasteiger partial charge is 0.352 e. The highest BCUT2D eigenvalue weighted by Gasteiger charge is 2.25. The van der Waals surface area contributed by atoms with Gasteiger partial charge in [-0.1, -0.05) is 17.7 Å². The van der Waals surface area contributed by atoms with E-state index in [2.05, 4.69) is 10.6 Å². The van der Waals surface area contributed by atoms with Gasteiger partial charge < -0.3 is 15.7 Å². The number of hydrogen-bond donors (Lipinski definition) is 3. The molecule has 2 rings (SSSR count). The quantitative estimate of drug-likeness (QED) is 0.577. The average molecular weight is 298 g/mol. The molecular weight excluding hydrogens is 290 g/mol. The van der Waals surface area contributed by atoms with Crippen molar-refractivity contribution in [2.45, 2.75) is 6.04 Å². The number of nitrogens with one attached hydrogen (secondary N) is 2. The predicted octanol–water partition coefficient (Wildman–Crippen LogP) is 1.57. The first-order valence-electron chi connectivity index (χ1n) is 5.35. The standard InChI is InChI=1S/C11H8ClN3O5/c12-6-2-1-5(3-9(6)15(19)20)7-4-8(10(16)17)14-11(18)13-7/h1-4,7H,(H,16,17)(H2,13,14,18)/t7-/m0/s1. The first kappa shape index (κ1) is 13.8. The molecule has 0 radical (unpaired) electrons. The number of nitro benzene ring substituents is 1. The lowest BCUT2D eigenvalue weighted by Crippen LogP contribution is -2.43. The molecule has 1 aromatic carbocycles. The number of carbonyl (C=O) groups is 2. The van der Waals surface area contributed by atoms with Gasteiger partial charge in [0.1, 0.15) is 10.7 Å². The van der Waals surface area contributed by atoms with Gasteiger partial charge in [-0.05, 0) is 17.7 Å². The van der Waals surface area contributed by atoms with Crippen molar-refractivity contribution in [1.82, 2.24) is 10.6 Å². The number of carbonyl (C=O) groups excluding carboxylic acids is 1. The van der Waals surface area contributed by atoms with Crippen molar-refractivity contribution >= 4 is 29.3 Å². The van der Waals surface area contributed by atoms with E-state index < -0.39 is 23.0 Å². The fraction of sp³-hybridized carbons (Fsp3) is 0.0909. The van der Waals surface area contributed by atoms with Gasteiger partial charge in [-0.15, -0.1) is 0 Å². The molecule has 0 aromatic heterocycles. The van der Waals surface area contributed by atoms with Crippen molar-refractivity contribution in [1.29, 1.82) is 0 Å².